The molecular formula is C4H10NO2P. The minimum atomic E-state index is -0.731. The van der Waals surface area contributed by atoms with Gasteiger partial charge in [-0.15, -0.1) is 0 Å². The Morgan fingerprint density at radius 1 is 1.75 bits per heavy atom. The average molecular weight is 135 g/mol. The number of carbonyl (C=O) groups is 1. The van der Waals surface area contributed by atoms with Gasteiger partial charge in [0.05, 0.1) is 0 Å². The van der Waals surface area contributed by atoms with E-state index in [0.717, 1.165) is 6.54 Å². The number of nitrogens with one attached hydrogen (secondary N) is 1. The summed E-state index contributed by atoms with van der Waals surface area (Å²) in [6.07, 6.45) is 0.945. The topological polar surface area (TPSA) is 49.3 Å². The van der Waals surface area contributed by atoms with Crippen LogP contribution in [0.2, 0.25) is 0 Å². The van der Waals surface area contributed by atoms with Crippen molar-refractivity contribution in [3.63, 3.8) is 0 Å². The Morgan fingerprint density at radius 3 is 2.75 bits per heavy atom. The van der Waals surface area contributed by atoms with Crippen LogP contribution in [0.1, 0.15) is 12.8 Å². The van der Waals surface area contributed by atoms with Gasteiger partial charge >= 0.3 is 5.97 Å². The highest BCUT2D eigenvalue weighted by Crippen LogP contribution is 1.86. The molecule has 0 aliphatic rings. The molecule has 1 atom stereocenters. The smallest absolute Gasteiger partial charge is 0.303 e. The summed E-state index contributed by atoms with van der Waals surface area (Å²) in [5, 5.41) is 10.9. The van der Waals surface area contributed by atoms with Crippen molar-refractivity contribution in [1.82, 2.24) is 5.09 Å². The number of hydrogen-bond donors (Lipinski definition) is 2. The van der Waals surface area contributed by atoms with E-state index >= 15 is 0 Å². The summed E-state index contributed by atoms with van der Waals surface area (Å²) >= 11 is 0. The molecule has 3 nitrogen and oxygen atoms in total. The van der Waals surface area contributed by atoms with Gasteiger partial charge in [0.1, 0.15) is 0 Å². The third kappa shape index (κ3) is 5.86. The second-order valence-electron chi connectivity index (χ2n) is 1.45. The summed E-state index contributed by atoms with van der Waals surface area (Å²) in [4.78, 5) is 9.84. The van der Waals surface area contributed by atoms with Gasteiger partial charge in [-0.05, 0) is 13.0 Å². The zero-order chi connectivity index (χ0) is 6.41. The van der Waals surface area contributed by atoms with E-state index in [-0.39, 0.29) is 6.42 Å². The summed E-state index contributed by atoms with van der Waals surface area (Å²) in [6, 6.07) is 0. The van der Waals surface area contributed by atoms with E-state index in [1.165, 1.54) is 0 Å². The molecule has 0 saturated carbocycles. The Morgan fingerprint density at radius 2 is 2.38 bits per heavy atom. The lowest BCUT2D eigenvalue weighted by atomic mass is 10.3. The third-order valence-corrected chi connectivity index (χ3v) is 1.00. The Balaban J connectivity index is 2.82. The van der Waals surface area contributed by atoms with Crippen molar-refractivity contribution in [2.24, 2.45) is 0 Å². The van der Waals surface area contributed by atoms with Gasteiger partial charge in [0, 0.05) is 6.42 Å². The van der Waals surface area contributed by atoms with Gasteiger partial charge in [-0.2, -0.15) is 0 Å². The summed E-state index contributed by atoms with van der Waals surface area (Å²) < 4.78 is 0. The monoisotopic (exact) mass is 135 g/mol. The number of hydrogen-bond acceptors (Lipinski definition) is 2. The number of carboxylic acid groups (broad SMARTS) is 1. The maximum absolute atomic E-state index is 9.84. The molecule has 0 radical (unpaired) electrons. The Labute approximate surface area is 50.7 Å². The van der Waals surface area contributed by atoms with Gasteiger partial charge < -0.3 is 10.2 Å². The van der Waals surface area contributed by atoms with Crippen molar-refractivity contribution < 1.29 is 9.90 Å². The molecule has 0 aromatic rings. The van der Waals surface area contributed by atoms with Crippen LogP contribution in [0, 0.1) is 0 Å². The molecule has 48 valence electrons. The van der Waals surface area contributed by atoms with Gasteiger partial charge in [-0.1, -0.05) is 9.39 Å². The molecule has 0 heterocycles. The Hall–Kier alpha value is -0.140. The number of aliphatic carboxylic acids is 1. The first-order valence-electron chi connectivity index (χ1n) is 2.42. The molecule has 0 fully saturated rings. The van der Waals surface area contributed by atoms with Crippen LogP contribution < -0.4 is 5.09 Å². The van der Waals surface area contributed by atoms with Crippen LogP contribution in [0.25, 0.3) is 0 Å². The van der Waals surface area contributed by atoms with Gasteiger partial charge in [0.15, 0.2) is 0 Å². The molecule has 8 heavy (non-hydrogen) atoms. The van der Waals surface area contributed by atoms with Crippen molar-refractivity contribution in [2.75, 3.05) is 6.54 Å². The standard InChI is InChI=1S/C4H10NO2P/c6-4(7)2-1-3-5-8/h5H,1-3,8H2,(H,6,7). The molecule has 0 aliphatic heterocycles. The van der Waals surface area contributed by atoms with E-state index in [1.807, 2.05) is 0 Å². The van der Waals surface area contributed by atoms with Crippen LogP contribution in [-0.2, 0) is 4.79 Å². The summed E-state index contributed by atoms with van der Waals surface area (Å²) in [5.74, 6) is -0.731. The maximum Gasteiger partial charge on any atom is 0.303 e. The highest BCUT2D eigenvalue weighted by molar-refractivity contribution is 7.13. The van der Waals surface area contributed by atoms with E-state index in [9.17, 15) is 4.79 Å². The summed E-state index contributed by atoms with van der Waals surface area (Å²) in [7, 11) is 2.32. The molecular weight excluding hydrogens is 125 g/mol. The Kier molecular flexibility index (Phi) is 4.92. The molecule has 0 saturated heterocycles. The molecule has 0 bridgehead atoms. The first kappa shape index (κ1) is 7.86. The van der Waals surface area contributed by atoms with Crippen molar-refractivity contribution in [3.05, 3.63) is 0 Å². The zero-order valence-electron chi connectivity index (χ0n) is 4.55. The SMILES string of the molecule is O=C(O)CCCNP. The molecule has 0 aromatic heterocycles. The van der Waals surface area contributed by atoms with E-state index in [0.29, 0.717) is 6.42 Å². The minimum absolute atomic E-state index is 0.251. The van der Waals surface area contributed by atoms with Crippen LogP contribution in [0.4, 0.5) is 0 Å². The van der Waals surface area contributed by atoms with E-state index in [1.54, 1.807) is 0 Å². The fraction of sp³-hybridized carbons (Fsp3) is 0.750. The quantitative estimate of drug-likeness (QED) is 0.428. The van der Waals surface area contributed by atoms with Crippen LogP contribution in [0.15, 0.2) is 0 Å². The predicted octanol–water partition coefficient (Wildman–Crippen LogP) is 0.231. The molecule has 1 unspecified atom stereocenters. The predicted molar refractivity (Wildman–Crippen MR) is 34.6 cm³/mol. The Bertz CT molecular complexity index is 76.4. The summed E-state index contributed by atoms with van der Waals surface area (Å²) in [6.45, 7) is 0.747. The molecule has 2 N–H and O–H groups in total. The lowest BCUT2D eigenvalue weighted by molar-refractivity contribution is -0.137. The van der Waals surface area contributed by atoms with Crippen LogP contribution in [0.3, 0.4) is 0 Å². The van der Waals surface area contributed by atoms with Crippen molar-refractivity contribution >= 4 is 15.4 Å². The first-order chi connectivity index (χ1) is 3.77. The molecule has 0 rings (SSSR count). The van der Waals surface area contributed by atoms with E-state index < -0.39 is 5.97 Å². The van der Waals surface area contributed by atoms with Crippen LogP contribution in [0.5, 0.6) is 0 Å². The first-order valence-corrected chi connectivity index (χ1v) is 3.00. The lowest BCUT2D eigenvalue weighted by Crippen LogP contribution is -2.03. The zero-order valence-corrected chi connectivity index (χ0v) is 5.71. The van der Waals surface area contributed by atoms with Crippen molar-refractivity contribution in [3.8, 4) is 0 Å². The highest BCUT2D eigenvalue weighted by Gasteiger charge is 1.92. The van der Waals surface area contributed by atoms with E-state index in [2.05, 4.69) is 14.5 Å². The van der Waals surface area contributed by atoms with Crippen LogP contribution >= 0.6 is 9.39 Å². The molecule has 0 aromatic carbocycles. The minimum Gasteiger partial charge on any atom is -0.481 e. The fourth-order valence-corrected chi connectivity index (χ4v) is 0.546. The molecule has 0 spiro atoms. The molecule has 0 amide bonds. The van der Waals surface area contributed by atoms with Gasteiger partial charge in [0.2, 0.25) is 0 Å². The number of rotatable bonds is 4. The van der Waals surface area contributed by atoms with Crippen LogP contribution in [-0.4, -0.2) is 17.6 Å². The second-order valence-corrected chi connectivity index (χ2v) is 1.86. The third-order valence-electron chi connectivity index (χ3n) is 0.712. The summed E-state index contributed by atoms with van der Waals surface area (Å²) in [5.41, 5.74) is 0. The maximum atomic E-state index is 9.84. The normalized spacial score (nSPS) is 9.12. The fourth-order valence-electron chi connectivity index (χ4n) is 0.342. The molecule has 4 heteroatoms. The van der Waals surface area contributed by atoms with E-state index in [4.69, 9.17) is 5.11 Å². The average Bonchev–Trinajstić information content (AvgIpc) is 1.66. The van der Waals surface area contributed by atoms with Gasteiger partial charge in [0.25, 0.3) is 0 Å². The van der Waals surface area contributed by atoms with Crippen molar-refractivity contribution in [2.45, 2.75) is 12.8 Å². The largest absolute Gasteiger partial charge is 0.481 e. The highest BCUT2D eigenvalue weighted by atomic mass is 31.0. The lowest BCUT2D eigenvalue weighted by Gasteiger charge is -1.92. The van der Waals surface area contributed by atoms with Crippen molar-refractivity contribution in [1.29, 1.82) is 0 Å². The van der Waals surface area contributed by atoms with Gasteiger partial charge in [-0.25, -0.2) is 0 Å². The van der Waals surface area contributed by atoms with Gasteiger partial charge in [-0.3, -0.25) is 4.79 Å². The number of carboxylic acids is 1. The molecule has 0 aliphatic carbocycles. The second kappa shape index (κ2) is 5.01.